The number of rotatable bonds is 11. The molecule has 2 aromatic carbocycles. The van der Waals surface area contributed by atoms with Crippen LogP contribution < -0.4 is 5.56 Å². The number of aryl methyl sites for hydroxylation is 1. The molecule has 0 aliphatic heterocycles. The Hall–Kier alpha value is -4.15. The minimum absolute atomic E-state index is 0.0760. The van der Waals surface area contributed by atoms with Crippen LogP contribution in [0.2, 0.25) is 0 Å². The second-order valence-electron chi connectivity index (χ2n) is 12.5. The van der Waals surface area contributed by atoms with Gasteiger partial charge in [-0.2, -0.15) is 5.10 Å². The van der Waals surface area contributed by atoms with Gasteiger partial charge in [-0.3, -0.25) is 9.36 Å². The Morgan fingerprint density at radius 2 is 1.77 bits per heavy atom. The van der Waals surface area contributed by atoms with E-state index in [1.165, 1.54) is 0 Å². The summed E-state index contributed by atoms with van der Waals surface area (Å²) in [6.45, 7) is 6.01. The van der Waals surface area contributed by atoms with Crippen molar-refractivity contribution in [2.24, 2.45) is 0 Å². The second-order valence-corrected chi connectivity index (χ2v) is 12.5. The van der Waals surface area contributed by atoms with Crippen LogP contribution in [0.15, 0.2) is 65.6 Å². The van der Waals surface area contributed by atoms with Gasteiger partial charge < -0.3 is 9.84 Å². The van der Waals surface area contributed by atoms with E-state index in [0.717, 1.165) is 84.1 Å². The Bertz CT molecular complexity index is 1740. The first-order valence-corrected chi connectivity index (χ1v) is 15.7. The Morgan fingerprint density at radius 3 is 2.45 bits per heavy atom. The van der Waals surface area contributed by atoms with E-state index in [2.05, 4.69) is 57.9 Å². The fourth-order valence-corrected chi connectivity index (χ4v) is 6.33. The van der Waals surface area contributed by atoms with Crippen LogP contribution in [0.4, 0.5) is 0 Å². The highest BCUT2D eigenvalue weighted by atomic mass is 16.5. The third-order valence-electron chi connectivity index (χ3n) is 8.57. The summed E-state index contributed by atoms with van der Waals surface area (Å²) in [4.78, 5) is 14.4. The monoisotopic (exact) mass is 595 g/mol. The molecule has 3 heterocycles. The molecule has 1 saturated carbocycles. The minimum atomic E-state index is -0.850. The van der Waals surface area contributed by atoms with Gasteiger partial charge in [0.25, 0.3) is 5.56 Å². The van der Waals surface area contributed by atoms with Crippen LogP contribution in [0.5, 0.6) is 0 Å². The van der Waals surface area contributed by atoms with Gasteiger partial charge in [0.15, 0.2) is 5.82 Å². The molecule has 0 amide bonds. The molecular formula is C34H41N7O3. The normalized spacial score (nSPS) is 17.4. The summed E-state index contributed by atoms with van der Waals surface area (Å²) in [5.74, 6) is 0.621. The molecule has 44 heavy (non-hydrogen) atoms. The average Bonchev–Trinajstić information content (AvgIpc) is 3.74. The summed E-state index contributed by atoms with van der Waals surface area (Å²) in [6.07, 6.45) is 8.66. The highest BCUT2D eigenvalue weighted by Gasteiger charge is 2.28. The Morgan fingerprint density at radius 1 is 1.02 bits per heavy atom. The molecule has 3 aromatic heterocycles. The topological polar surface area (TPSA) is 123 Å². The standard InChI is InChI=1S/C34H41N7O3/c1-4-5-10-30-29(21-23-11-13-24(14-12-23)27-8-6-7-9-28(27)32-36-38-39-37-32)33(42)40(31-19-20-35-41(30)31)25-15-17-26(18-16-25)44-22-34(2,3)43/h6-9,11-14,19-20,25-26,43H,4-5,10,15-18,21-22H2,1-3H3,(H,36,37,38,39)/t25-,26-. The van der Waals surface area contributed by atoms with Gasteiger partial charge >= 0.3 is 0 Å². The zero-order chi connectivity index (χ0) is 30.7. The van der Waals surface area contributed by atoms with Crippen LogP contribution in [0.3, 0.4) is 0 Å². The Balaban J connectivity index is 1.31. The zero-order valence-electron chi connectivity index (χ0n) is 25.7. The molecule has 2 N–H and O–H groups in total. The largest absolute Gasteiger partial charge is 0.388 e. The number of ether oxygens (including phenoxy) is 1. The van der Waals surface area contributed by atoms with Crippen molar-refractivity contribution in [3.63, 3.8) is 0 Å². The van der Waals surface area contributed by atoms with Gasteiger partial charge in [-0.25, -0.2) is 9.61 Å². The first kappa shape index (κ1) is 29.9. The molecule has 0 atom stereocenters. The molecule has 0 radical (unpaired) electrons. The maximum atomic E-state index is 14.4. The summed E-state index contributed by atoms with van der Waals surface area (Å²) in [5, 5.41) is 29.2. The second kappa shape index (κ2) is 12.8. The lowest BCUT2D eigenvalue weighted by Gasteiger charge is -2.32. The van der Waals surface area contributed by atoms with Gasteiger partial charge in [0.05, 0.1) is 30.2 Å². The van der Waals surface area contributed by atoms with Crippen LogP contribution in [-0.2, 0) is 17.6 Å². The van der Waals surface area contributed by atoms with E-state index in [1.54, 1.807) is 20.0 Å². The van der Waals surface area contributed by atoms with Crippen molar-refractivity contribution in [3.05, 3.63) is 88.0 Å². The molecule has 1 fully saturated rings. The van der Waals surface area contributed by atoms with E-state index in [0.29, 0.717) is 18.9 Å². The van der Waals surface area contributed by atoms with Crippen molar-refractivity contribution < 1.29 is 9.84 Å². The number of nitrogens with one attached hydrogen (secondary N) is 1. The molecular weight excluding hydrogens is 554 g/mol. The predicted molar refractivity (Wildman–Crippen MR) is 169 cm³/mol. The van der Waals surface area contributed by atoms with Gasteiger partial charge in [-0.05, 0) is 79.5 Å². The number of aromatic amines is 1. The average molecular weight is 596 g/mol. The van der Waals surface area contributed by atoms with E-state index in [1.807, 2.05) is 33.3 Å². The van der Waals surface area contributed by atoms with E-state index >= 15 is 0 Å². The number of fused-ring (bicyclic) bond motifs is 1. The highest BCUT2D eigenvalue weighted by molar-refractivity contribution is 5.80. The van der Waals surface area contributed by atoms with Gasteiger partial charge in [-0.1, -0.05) is 61.9 Å². The number of aliphatic hydroxyl groups is 1. The number of benzene rings is 2. The lowest BCUT2D eigenvalue weighted by atomic mass is 9.92. The quantitative estimate of drug-likeness (QED) is 0.205. The van der Waals surface area contributed by atoms with Crippen LogP contribution in [-0.4, -0.2) is 58.2 Å². The first-order chi connectivity index (χ1) is 21.3. The number of hydrogen-bond donors (Lipinski definition) is 2. The smallest absolute Gasteiger partial charge is 0.257 e. The molecule has 0 spiro atoms. The molecule has 10 nitrogen and oxygen atoms in total. The van der Waals surface area contributed by atoms with Crippen LogP contribution in [0, 0.1) is 0 Å². The van der Waals surface area contributed by atoms with Crippen molar-refractivity contribution >= 4 is 5.65 Å². The fraction of sp³-hybridized carbons (Fsp3) is 0.441. The van der Waals surface area contributed by atoms with Gasteiger partial charge in [0.1, 0.15) is 5.65 Å². The predicted octanol–water partition coefficient (Wildman–Crippen LogP) is 5.55. The Labute approximate surface area is 257 Å². The zero-order valence-corrected chi connectivity index (χ0v) is 25.7. The van der Waals surface area contributed by atoms with Crippen LogP contribution in [0.1, 0.15) is 82.2 Å². The third kappa shape index (κ3) is 6.37. The molecule has 6 rings (SSSR count). The van der Waals surface area contributed by atoms with Gasteiger partial charge in [-0.15, -0.1) is 5.10 Å². The maximum absolute atomic E-state index is 14.4. The van der Waals surface area contributed by atoms with E-state index < -0.39 is 5.60 Å². The third-order valence-corrected chi connectivity index (χ3v) is 8.57. The number of H-pyrrole nitrogens is 1. The van der Waals surface area contributed by atoms with Crippen molar-refractivity contribution in [1.29, 1.82) is 0 Å². The summed E-state index contributed by atoms with van der Waals surface area (Å²) in [6, 6.07) is 18.5. The van der Waals surface area contributed by atoms with E-state index in [4.69, 9.17) is 9.84 Å². The molecule has 10 heteroatoms. The molecule has 0 unspecified atom stereocenters. The molecule has 0 saturated heterocycles. The molecule has 1 aliphatic rings. The van der Waals surface area contributed by atoms with Gasteiger partial charge in [0.2, 0.25) is 0 Å². The number of nitrogens with zero attached hydrogens (tertiary/aromatic N) is 6. The van der Waals surface area contributed by atoms with Crippen molar-refractivity contribution in [2.75, 3.05) is 6.61 Å². The summed E-state index contributed by atoms with van der Waals surface area (Å²) < 4.78 is 9.99. The number of tetrazole rings is 1. The summed E-state index contributed by atoms with van der Waals surface area (Å²) >= 11 is 0. The molecule has 1 aliphatic carbocycles. The van der Waals surface area contributed by atoms with Crippen LogP contribution >= 0.6 is 0 Å². The van der Waals surface area contributed by atoms with Crippen molar-refractivity contribution in [2.45, 2.75) is 89.9 Å². The number of unbranched alkanes of at least 4 members (excludes halogenated alkanes) is 1. The number of hydrogen-bond acceptors (Lipinski definition) is 7. The fourth-order valence-electron chi connectivity index (χ4n) is 6.33. The van der Waals surface area contributed by atoms with Crippen molar-refractivity contribution in [3.8, 4) is 22.5 Å². The highest BCUT2D eigenvalue weighted by Crippen LogP contribution is 2.33. The van der Waals surface area contributed by atoms with E-state index in [-0.39, 0.29) is 17.7 Å². The lowest BCUT2D eigenvalue weighted by Crippen LogP contribution is -2.36. The first-order valence-electron chi connectivity index (χ1n) is 15.7. The van der Waals surface area contributed by atoms with Gasteiger partial charge in [0, 0.05) is 29.7 Å². The lowest BCUT2D eigenvalue weighted by molar-refractivity contribution is -0.0654. The summed E-state index contributed by atoms with van der Waals surface area (Å²) in [5.41, 5.74) is 5.99. The van der Waals surface area contributed by atoms with Crippen molar-refractivity contribution in [1.82, 2.24) is 34.8 Å². The maximum Gasteiger partial charge on any atom is 0.257 e. The Kier molecular flexibility index (Phi) is 8.72. The van der Waals surface area contributed by atoms with Crippen LogP contribution in [0.25, 0.3) is 28.2 Å². The minimum Gasteiger partial charge on any atom is -0.388 e. The van der Waals surface area contributed by atoms with E-state index in [9.17, 15) is 9.90 Å². The number of aromatic nitrogens is 7. The molecule has 5 aromatic rings. The molecule has 230 valence electrons. The summed E-state index contributed by atoms with van der Waals surface area (Å²) in [7, 11) is 0. The SMILES string of the molecule is CCCCc1c(Cc2ccc(-c3ccccc3-c3nnn[nH]3)cc2)c(=O)n([C@H]2CC[C@H](OCC(C)(C)O)CC2)c2ccnn12. The molecule has 0 bridgehead atoms.